The fraction of sp³-hybridized carbons (Fsp3) is 0.278. The van der Waals surface area contributed by atoms with Crippen molar-refractivity contribution in [3.63, 3.8) is 0 Å². The lowest BCUT2D eigenvalue weighted by atomic mass is 9.97. The molecule has 0 heterocycles. The fourth-order valence-corrected chi connectivity index (χ4v) is 3.81. The molecule has 1 atom stereocenters. The number of methoxy groups -OCH3 is 1. The van der Waals surface area contributed by atoms with E-state index in [1.807, 2.05) is 26.0 Å². The number of hydrogen-bond donors (Lipinski definition) is 2. The maximum absolute atomic E-state index is 12.7. The number of sulfonamides is 1. The second-order valence-corrected chi connectivity index (χ2v) is 7.72. The van der Waals surface area contributed by atoms with Gasteiger partial charge in [0.25, 0.3) is 0 Å². The second kappa shape index (κ2) is 7.67. The molecule has 2 aromatic carbocycles. The summed E-state index contributed by atoms with van der Waals surface area (Å²) in [6.45, 7) is 3.88. The van der Waals surface area contributed by atoms with Gasteiger partial charge in [-0.25, -0.2) is 13.1 Å². The lowest BCUT2D eigenvalue weighted by Crippen LogP contribution is -2.31. The molecule has 1 unspecified atom stereocenters. The monoisotopic (exact) mass is 362 g/mol. The Morgan fingerprint density at radius 1 is 1.04 bits per heavy atom. The average Bonchev–Trinajstić information content (AvgIpc) is 2.59. The molecular weight excluding hydrogens is 340 g/mol. The van der Waals surface area contributed by atoms with E-state index in [0.717, 1.165) is 5.56 Å². The van der Waals surface area contributed by atoms with Crippen LogP contribution in [0, 0.1) is 5.92 Å². The van der Waals surface area contributed by atoms with Crippen molar-refractivity contribution in [2.75, 3.05) is 7.11 Å². The van der Waals surface area contributed by atoms with Crippen molar-refractivity contribution in [1.29, 1.82) is 0 Å². The van der Waals surface area contributed by atoms with Crippen LogP contribution in [0.3, 0.4) is 0 Å². The first-order valence-electron chi connectivity index (χ1n) is 7.80. The van der Waals surface area contributed by atoms with Crippen molar-refractivity contribution in [2.45, 2.75) is 24.8 Å². The van der Waals surface area contributed by atoms with E-state index in [9.17, 15) is 13.2 Å². The minimum Gasteiger partial charge on any atom is -0.497 e. The number of nitrogens with two attached hydrogens (primary N) is 1. The van der Waals surface area contributed by atoms with E-state index in [1.165, 1.54) is 24.3 Å². The highest BCUT2D eigenvalue weighted by atomic mass is 32.2. The van der Waals surface area contributed by atoms with Crippen LogP contribution in [-0.2, 0) is 10.0 Å². The van der Waals surface area contributed by atoms with E-state index in [0.29, 0.717) is 5.75 Å². The van der Waals surface area contributed by atoms with Crippen LogP contribution in [0.2, 0.25) is 0 Å². The Kier molecular flexibility index (Phi) is 5.81. The second-order valence-electron chi connectivity index (χ2n) is 6.00. The third-order valence-electron chi connectivity index (χ3n) is 3.87. The van der Waals surface area contributed by atoms with Crippen LogP contribution in [0.1, 0.15) is 35.8 Å². The molecule has 25 heavy (non-hydrogen) atoms. The van der Waals surface area contributed by atoms with Crippen LogP contribution in [-0.4, -0.2) is 21.4 Å². The summed E-state index contributed by atoms with van der Waals surface area (Å²) in [5.74, 6) is 0.138. The van der Waals surface area contributed by atoms with E-state index in [4.69, 9.17) is 10.5 Å². The number of hydrogen-bond acceptors (Lipinski definition) is 4. The van der Waals surface area contributed by atoms with E-state index < -0.39 is 22.0 Å². The Balaban J connectivity index is 2.29. The number of rotatable bonds is 7. The number of carbonyl (C=O) groups is 1. The van der Waals surface area contributed by atoms with Crippen LogP contribution in [0.25, 0.3) is 0 Å². The van der Waals surface area contributed by atoms with E-state index >= 15 is 0 Å². The minimum absolute atomic E-state index is 0.0352. The Morgan fingerprint density at radius 3 is 2.04 bits per heavy atom. The highest BCUT2D eigenvalue weighted by Crippen LogP contribution is 2.26. The quantitative estimate of drug-likeness (QED) is 0.790. The standard InChI is InChI=1S/C18H22N2O4S/c1-12(2)17(13-4-8-15(24-3)9-5-13)20-25(22,23)16-10-6-14(7-11-16)18(19)21/h4-12,17,20H,1-3H3,(H2,19,21). The van der Waals surface area contributed by atoms with Crippen molar-refractivity contribution in [3.8, 4) is 5.75 Å². The van der Waals surface area contributed by atoms with E-state index in [1.54, 1.807) is 19.2 Å². The molecule has 2 aromatic rings. The van der Waals surface area contributed by atoms with Gasteiger partial charge in [0.2, 0.25) is 15.9 Å². The molecule has 0 aliphatic carbocycles. The number of ether oxygens (including phenoxy) is 1. The van der Waals surface area contributed by atoms with Crippen molar-refractivity contribution in [2.24, 2.45) is 11.7 Å². The normalized spacial score (nSPS) is 12.8. The molecule has 0 aliphatic rings. The molecule has 1 amide bonds. The molecule has 0 aromatic heterocycles. The predicted octanol–water partition coefficient (Wildman–Crippen LogP) is 2.47. The number of nitrogens with one attached hydrogen (secondary N) is 1. The Bertz CT molecular complexity index is 828. The molecule has 6 nitrogen and oxygen atoms in total. The zero-order chi connectivity index (χ0) is 18.6. The van der Waals surface area contributed by atoms with Crippen LogP contribution in [0.15, 0.2) is 53.4 Å². The molecule has 0 saturated heterocycles. The van der Waals surface area contributed by atoms with Gasteiger partial charge in [-0.15, -0.1) is 0 Å². The smallest absolute Gasteiger partial charge is 0.248 e. The first kappa shape index (κ1) is 19.0. The SMILES string of the molecule is COc1ccc(C(NS(=O)(=O)c2ccc(C(N)=O)cc2)C(C)C)cc1. The molecule has 0 bridgehead atoms. The molecule has 0 radical (unpaired) electrons. The van der Waals surface area contributed by atoms with Crippen molar-refractivity contribution in [3.05, 3.63) is 59.7 Å². The predicted molar refractivity (Wildman–Crippen MR) is 95.9 cm³/mol. The van der Waals surface area contributed by atoms with Crippen LogP contribution in [0.4, 0.5) is 0 Å². The molecule has 2 rings (SSSR count). The summed E-state index contributed by atoms with van der Waals surface area (Å²) < 4.78 is 33.2. The third kappa shape index (κ3) is 4.58. The fourth-order valence-electron chi connectivity index (χ4n) is 2.43. The topological polar surface area (TPSA) is 98.5 Å². The molecular formula is C18H22N2O4S. The summed E-state index contributed by atoms with van der Waals surface area (Å²) in [5.41, 5.74) is 6.28. The first-order chi connectivity index (χ1) is 11.7. The summed E-state index contributed by atoms with van der Waals surface area (Å²) in [5, 5.41) is 0. The Morgan fingerprint density at radius 2 is 1.60 bits per heavy atom. The Labute approximate surface area is 148 Å². The van der Waals surface area contributed by atoms with Gasteiger partial charge in [-0.2, -0.15) is 0 Å². The highest BCUT2D eigenvalue weighted by Gasteiger charge is 2.24. The van der Waals surface area contributed by atoms with Crippen LogP contribution in [0.5, 0.6) is 5.75 Å². The summed E-state index contributed by atoms with van der Waals surface area (Å²) in [6, 6.07) is 12.4. The lowest BCUT2D eigenvalue weighted by Gasteiger charge is -2.23. The zero-order valence-corrected chi connectivity index (χ0v) is 15.2. The molecule has 0 fully saturated rings. The van der Waals surface area contributed by atoms with Gasteiger partial charge in [0, 0.05) is 11.6 Å². The van der Waals surface area contributed by atoms with Gasteiger partial charge < -0.3 is 10.5 Å². The largest absolute Gasteiger partial charge is 0.497 e. The summed E-state index contributed by atoms with van der Waals surface area (Å²) in [6.07, 6.45) is 0. The Hall–Kier alpha value is -2.38. The number of carbonyl (C=O) groups excluding carboxylic acids is 1. The molecule has 7 heteroatoms. The van der Waals surface area contributed by atoms with Gasteiger partial charge >= 0.3 is 0 Å². The van der Waals surface area contributed by atoms with E-state index in [2.05, 4.69) is 4.72 Å². The summed E-state index contributed by atoms with van der Waals surface area (Å²) in [4.78, 5) is 11.2. The molecule has 0 spiro atoms. The maximum atomic E-state index is 12.7. The molecule has 134 valence electrons. The first-order valence-corrected chi connectivity index (χ1v) is 9.29. The third-order valence-corrected chi connectivity index (χ3v) is 5.33. The van der Waals surface area contributed by atoms with Gasteiger partial charge in [-0.05, 0) is 47.9 Å². The van der Waals surface area contributed by atoms with Gasteiger partial charge in [-0.3, -0.25) is 4.79 Å². The van der Waals surface area contributed by atoms with E-state index in [-0.39, 0.29) is 16.4 Å². The molecule has 3 N–H and O–H groups in total. The number of primary amides is 1. The van der Waals surface area contributed by atoms with Gasteiger partial charge in [0.1, 0.15) is 5.75 Å². The average molecular weight is 362 g/mol. The number of benzene rings is 2. The van der Waals surface area contributed by atoms with Gasteiger partial charge in [-0.1, -0.05) is 26.0 Å². The molecule has 0 aliphatic heterocycles. The highest BCUT2D eigenvalue weighted by molar-refractivity contribution is 7.89. The van der Waals surface area contributed by atoms with Crippen molar-refractivity contribution in [1.82, 2.24) is 4.72 Å². The maximum Gasteiger partial charge on any atom is 0.248 e. The van der Waals surface area contributed by atoms with Gasteiger partial charge in [0.15, 0.2) is 0 Å². The zero-order valence-electron chi connectivity index (χ0n) is 14.4. The van der Waals surface area contributed by atoms with Gasteiger partial charge in [0.05, 0.1) is 12.0 Å². The summed E-state index contributed by atoms with van der Waals surface area (Å²) in [7, 11) is -2.17. The molecule has 0 saturated carbocycles. The lowest BCUT2D eigenvalue weighted by molar-refractivity contribution is 0.1000. The minimum atomic E-state index is -3.74. The van der Waals surface area contributed by atoms with Crippen LogP contribution < -0.4 is 15.2 Å². The van der Waals surface area contributed by atoms with Crippen molar-refractivity contribution >= 4 is 15.9 Å². The van der Waals surface area contributed by atoms with Crippen LogP contribution >= 0.6 is 0 Å². The van der Waals surface area contributed by atoms with Crippen molar-refractivity contribution < 1.29 is 17.9 Å². The number of amides is 1. The summed E-state index contributed by atoms with van der Waals surface area (Å²) >= 11 is 0.